The molecule has 7 heteroatoms. The van der Waals surface area contributed by atoms with E-state index in [0.29, 0.717) is 13.0 Å². The third kappa shape index (κ3) is 4.43. The minimum atomic E-state index is -3.82. The number of hydrogen-bond donors (Lipinski definition) is 1. The van der Waals surface area contributed by atoms with E-state index >= 15 is 0 Å². The van der Waals surface area contributed by atoms with Gasteiger partial charge < -0.3 is 5.32 Å². The van der Waals surface area contributed by atoms with E-state index in [1.54, 1.807) is 0 Å². The summed E-state index contributed by atoms with van der Waals surface area (Å²) in [6.45, 7) is 0.322. The van der Waals surface area contributed by atoms with Gasteiger partial charge >= 0.3 is 0 Å². The van der Waals surface area contributed by atoms with Crippen LogP contribution >= 0.6 is 0 Å². The van der Waals surface area contributed by atoms with Crippen LogP contribution in [0, 0.1) is 5.82 Å². The minimum absolute atomic E-state index is 0.0352. The van der Waals surface area contributed by atoms with Gasteiger partial charge in [-0.05, 0) is 49.9 Å². The molecule has 3 rings (SSSR count). The standard InChI is InChI=1S/C19H27FN2O3S/c20-15-10-12-17(13-11-15)26(24,25)22-14-6-5-9-18(22)19(23)21-16-7-3-1-2-4-8-16/h10-13,16,18H,1-9,14H2,(H,21,23)/t18-/m0/s1. The fourth-order valence-electron chi connectivity index (χ4n) is 3.92. The topological polar surface area (TPSA) is 66.5 Å². The average molecular weight is 383 g/mol. The largest absolute Gasteiger partial charge is 0.352 e. The molecule has 5 nitrogen and oxygen atoms in total. The molecule has 2 fully saturated rings. The maximum absolute atomic E-state index is 13.1. The summed E-state index contributed by atoms with van der Waals surface area (Å²) in [4.78, 5) is 12.9. The van der Waals surface area contributed by atoms with E-state index in [1.807, 2.05) is 0 Å². The number of carbonyl (C=O) groups is 1. The highest BCUT2D eigenvalue weighted by Gasteiger charge is 2.38. The Morgan fingerprint density at radius 3 is 2.23 bits per heavy atom. The van der Waals surface area contributed by atoms with Gasteiger partial charge in [-0.2, -0.15) is 4.31 Å². The Morgan fingerprint density at radius 1 is 0.962 bits per heavy atom. The lowest BCUT2D eigenvalue weighted by Gasteiger charge is -2.34. The molecule has 0 spiro atoms. The van der Waals surface area contributed by atoms with Crippen LogP contribution in [0.5, 0.6) is 0 Å². The smallest absolute Gasteiger partial charge is 0.243 e. The molecule has 1 saturated carbocycles. The summed E-state index contributed by atoms with van der Waals surface area (Å²) in [5.74, 6) is -0.674. The van der Waals surface area contributed by atoms with E-state index in [4.69, 9.17) is 0 Å². The van der Waals surface area contributed by atoms with Crippen LogP contribution in [0.4, 0.5) is 4.39 Å². The van der Waals surface area contributed by atoms with Crippen molar-refractivity contribution in [3.8, 4) is 0 Å². The Labute approximate surface area is 155 Å². The fraction of sp³-hybridized carbons (Fsp3) is 0.632. The first kappa shape index (κ1) is 19.3. The van der Waals surface area contributed by atoms with E-state index in [1.165, 1.54) is 29.3 Å². The van der Waals surface area contributed by atoms with E-state index in [2.05, 4.69) is 5.32 Å². The van der Waals surface area contributed by atoms with Crippen molar-refractivity contribution in [2.75, 3.05) is 6.54 Å². The van der Waals surface area contributed by atoms with Crippen molar-refractivity contribution >= 4 is 15.9 Å². The molecule has 1 amide bonds. The lowest BCUT2D eigenvalue weighted by Crippen LogP contribution is -2.53. The van der Waals surface area contributed by atoms with Gasteiger partial charge in [-0.15, -0.1) is 0 Å². The van der Waals surface area contributed by atoms with Crippen LogP contribution in [-0.2, 0) is 14.8 Å². The molecule has 0 radical (unpaired) electrons. The van der Waals surface area contributed by atoms with Gasteiger partial charge in [-0.1, -0.05) is 32.1 Å². The first-order valence-corrected chi connectivity index (χ1v) is 11.0. The molecule has 1 saturated heterocycles. The number of amides is 1. The normalized spacial score (nSPS) is 23.3. The Bertz CT molecular complexity index is 713. The highest BCUT2D eigenvalue weighted by atomic mass is 32.2. The van der Waals surface area contributed by atoms with Crippen molar-refractivity contribution < 1.29 is 17.6 Å². The zero-order valence-corrected chi connectivity index (χ0v) is 15.8. The molecule has 0 aromatic heterocycles. The predicted octanol–water partition coefficient (Wildman–Crippen LogP) is 3.21. The van der Waals surface area contributed by atoms with E-state index in [0.717, 1.165) is 50.7 Å². The summed E-state index contributed by atoms with van der Waals surface area (Å²) >= 11 is 0. The summed E-state index contributed by atoms with van der Waals surface area (Å²) < 4.78 is 40.4. The van der Waals surface area contributed by atoms with Gasteiger partial charge in [0.05, 0.1) is 4.90 Å². The monoisotopic (exact) mass is 382 g/mol. The van der Waals surface area contributed by atoms with Crippen LogP contribution in [0.2, 0.25) is 0 Å². The molecule has 1 aromatic rings. The van der Waals surface area contributed by atoms with Gasteiger partial charge in [0.1, 0.15) is 11.9 Å². The van der Waals surface area contributed by atoms with Crippen LogP contribution in [0.1, 0.15) is 57.8 Å². The van der Waals surface area contributed by atoms with Crippen molar-refractivity contribution in [2.24, 2.45) is 0 Å². The van der Waals surface area contributed by atoms with Crippen molar-refractivity contribution in [3.63, 3.8) is 0 Å². The average Bonchev–Trinajstić information content (AvgIpc) is 2.91. The number of nitrogens with zero attached hydrogens (tertiary/aromatic N) is 1. The van der Waals surface area contributed by atoms with Gasteiger partial charge in [-0.25, -0.2) is 12.8 Å². The number of nitrogens with one attached hydrogen (secondary N) is 1. The number of piperidine rings is 1. The molecule has 0 unspecified atom stereocenters. The highest BCUT2D eigenvalue weighted by Crippen LogP contribution is 2.26. The van der Waals surface area contributed by atoms with E-state index in [-0.39, 0.29) is 16.8 Å². The van der Waals surface area contributed by atoms with Crippen LogP contribution in [0.25, 0.3) is 0 Å². The van der Waals surface area contributed by atoms with Crippen molar-refractivity contribution in [1.82, 2.24) is 9.62 Å². The highest BCUT2D eigenvalue weighted by molar-refractivity contribution is 7.89. The molecule has 144 valence electrons. The zero-order chi connectivity index (χ0) is 18.6. The minimum Gasteiger partial charge on any atom is -0.352 e. The number of halogens is 1. The first-order valence-electron chi connectivity index (χ1n) is 9.56. The number of rotatable bonds is 4. The van der Waals surface area contributed by atoms with Crippen LogP contribution in [0.3, 0.4) is 0 Å². The van der Waals surface area contributed by atoms with Gasteiger partial charge in [0.15, 0.2) is 0 Å². The van der Waals surface area contributed by atoms with E-state index < -0.39 is 21.9 Å². The fourth-order valence-corrected chi connectivity index (χ4v) is 5.57. The number of benzene rings is 1. The molecule has 0 bridgehead atoms. The third-order valence-corrected chi connectivity index (χ3v) is 7.30. The van der Waals surface area contributed by atoms with Crippen LogP contribution in [0.15, 0.2) is 29.2 Å². The van der Waals surface area contributed by atoms with Crippen LogP contribution in [-0.4, -0.2) is 37.3 Å². The second-order valence-corrected chi connectivity index (χ2v) is 9.17. The van der Waals surface area contributed by atoms with Gasteiger partial charge in [0.25, 0.3) is 0 Å². The summed E-state index contributed by atoms with van der Waals surface area (Å²) in [5.41, 5.74) is 0. The van der Waals surface area contributed by atoms with Crippen LogP contribution < -0.4 is 5.32 Å². The van der Waals surface area contributed by atoms with Crippen molar-refractivity contribution in [3.05, 3.63) is 30.1 Å². The Morgan fingerprint density at radius 2 is 1.58 bits per heavy atom. The van der Waals surface area contributed by atoms with Gasteiger partial charge in [0.2, 0.25) is 15.9 Å². The van der Waals surface area contributed by atoms with Gasteiger partial charge in [-0.3, -0.25) is 4.79 Å². The quantitative estimate of drug-likeness (QED) is 0.813. The number of sulfonamides is 1. The second-order valence-electron chi connectivity index (χ2n) is 7.28. The third-order valence-electron chi connectivity index (χ3n) is 5.38. The van der Waals surface area contributed by atoms with Crippen molar-refractivity contribution in [2.45, 2.75) is 74.8 Å². The summed E-state index contributed by atoms with van der Waals surface area (Å²) in [6, 6.07) is 4.26. The molecule has 1 atom stereocenters. The summed E-state index contributed by atoms with van der Waals surface area (Å²) in [5, 5.41) is 3.09. The molecule has 1 aliphatic heterocycles. The zero-order valence-electron chi connectivity index (χ0n) is 15.0. The molecule has 1 N–H and O–H groups in total. The Balaban J connectivity index is 1.76. The molecule has 2 aliphatic rings. The molecule has 1 aliphatic carbocycles. The lowest BCUT2D eigenvalue weighted by atomic mass is 10.0. The van der Waals surface area contributed by atoms with Crippen molar-refractivity contribution in [1.29, 1.82) is 0 Å². The lowest BCUT2D eigenvalue weighted by molar-refractivity contribution is -0.126. The summed E-state index contributed by atoms with van der Waals surface area (Å²) in [7, 11) is -3.82. The predicted molar refractivity (Wildman–Crippen MR) is 97.6 cm³/mol. The molecule has 1 heterocycles. The number of hydrogen-bond acceptors (Lipinski definition) is 3. The number of carbonyl (C=O) groups excluding carboxylic acids is 1. The SMILES string of the molecule is O=C(NC1CCCCCC1)[C@@H]1CCCCN1S(=O)(=O)c1ccc(F)cc1. The maximum atomic E-state index is 13.1. The van der Waals surface area contributed by atoms with E-state index in [9.17, 15) is 17.6 Å². The second kappa shape index (κ2) is 8.48. The Hall–Kier alpha value is -1.47. The Kier molecular flexibility index (Phi) is 6.29. The molecule has 26 heavy (non-hydrogen) atoms. The first-order chi connectivity index (χ1) is 12.5. The summed E-state index contributed by atoms with van der Waals surface area (Å²) in [6.07, 6.45) is 8.61. The van der Waals surface area contributed by atoms with Gasteiger partial charge in [0, 0.05) is 12.6 Å². The maximum Gasteiger partial charge on any atom is 0.243 e. The molecular weight excluding hydrogens is 355 g/mol. The molecule has 1 aromatic carbocycles. The molecular formula is C19H27FN2O3S.